The van der Waals surface area contributed by atoms with E-state index in [1.54, 1.807) is 0 Å². The van der Waals surface area contributed by atoms with Gasteiger partial charge in [0, 0.05) is 9.85 Å². The van der Waals surface area contributed by atoms with Crippen molar-refractivity contribution in [2.75, 3.05) is 0 Å². The molecule has 0 aliphatic carbocycles. The Morgan fingerprint density at radius 2 is 1.71 bits per heavy atom. The summed E-state index contributed by atoms with van der Waals surface area (Å²) in [6.45, 7) is 2.13. The maximum Gasteiger partial charge on any atom is 0.0438 e. The Hall–Kier alpha value is -1.31. The Morgan fingerprint density at radius 1 is 0.952 bits per heavy atom. The second-order valence-electron chi connectivity index (χ2n) is 5.35. The molecule has 0 radical (unpaired) electrons. The Labute approximate surface area is 138 Å². The first-order valence-corrected chi connectivity index (χ1v) is 8.30. The fourth-order valence-electron chi connectivity index (χ4n) is 2.63. The van der Waals surface area contributed by atoms with Gasteiger partial charge >= 0.3 is 0 Å². The van der Waals surface area contributed by atoms with Gasteiger partial charge in [0.25, 0.3) is 0 Å². The molecule has 0 aromatic heterocycles. The highest BCUT2D eigenvalue weighted by atomic mass is 79.9. The molecule has 0 heterocycles. The van der Waals surface area contributed by atoms with Gasteiger partial charge in [-0.1, -0.05) is 76.1 Å². The number of rotatable bonds is 3. The lowest BCUT2D eigenvalue weighted by Crippen LogP contribution is -1.98. The summed E-state index contributed by atoms with van der Waals surface area (Å²) in [5.41, 5.74) is 3.85. The molecule has 21 heavy (non-hydrogen) atoms. The summed E-state index contributed by atoms with van der Waals surface area (Å²) in [6, 6.07) is 21.2. The van der Waals surface area contributed by atoms with Crippen LogP contribution in [0.5, 0.6) is 0 Å². The topological polar surface area (TPSA) is 0 Å². The van der Waals surface area contributed by atoms with Crippen LogP contribution < -0.4 is 0 Å². The molecule has 0 saturated heterocycles. The van der Waals surface area contributed by atoms with E-state index in [2.05, 4.69) is 77.5 Å². The molecule has 3 rings (SSSR count). The molecule has 1 unspecified atom stereocenters. The number of benzene rings is 3. The van der Waals surface area contributed by atoms with Crippen LogP contribution in [0.15, 0.2) is 60.7 Å². The molecule has 0 saturated carbocycles. The number of alkyl halides is 1. The third-order valence-corrected chi connectivity index (χ3v) is 4.86. The van der Waals surface area contributed by atoms with Crippen molar-refractivity contribution in [2.45, 2.75) is 18.2 Å². The van der Waals surface area contributed by atoms with Crippen molar-refractivity contribution >= 4 is 38.3 Å². The Bertz CT molecular complexity index is 779. The van der Waals surface area contributed by atoms with E-state index in [1.165, 1.54) is 27.5 Å². The first-order valence-electron chi connectivity index (χ1n) is 7.01. The maximum atomic E-state index is 6.12. The van der Waals surface area contributed by atoms with E-state index in [0.29, 0.717) is 0 Å². The predicted molar refractivity (Wildman–Crippen MR) is 95.5 cm³/mol. The van der Waals surface area contributed by atoms with Crippen molar-refractivity contribution in [3.05, 3.63) is 82.4 Å². The van der Waals surface area contributed by atoms with Crippen LogP contribution in [-0.2, 0) is 6.42 Å². The highest BCUT2D eigenvalue weighted by Gasteiger charge is 2.12. The quantitative estimate of drug-likeness (QED) is 0.469. The summed E-state index contributed by atoms with van der Waals surface area (Å²) in [5.74, 6) is 0. The van der Waals surface area contributed by atoms with E-state index in [1.807, 2.05) is 6.07 Å². The largest absolute Gasteiger partial charge is 0.0843 e. The Balaban J connectivity index is 1.88. The zero-order valence-electron chi connectivity index (χ0n) is 11.8. The molecule has 106 valence electrons. The van der Waals surface area contributed by atoms with Gasteiger partial charge in [-0.3, -0.25) is 0 Å². The van der Waals surface area contributed by atoms with Crippen molar-refractivity contribution in [3.63, 3.8) is 0 Å². The monoisotopic (exact) mass is 358 g/mol. The van der Waals surface area contributed by atoms with Crippen molar-refractivity contribution in [2.24, 2.45) is 0 Å². The standard InChI is InChI=1S/C19H16BrCl/c1-13-6-9-17(21)12-18(13)19(20)11-14-7-8-15-4-2-3-5-16(15)10-14/h2-10,12,19H,11H2,1H3. The molecule has 0 aliphatic rings. The van der Waals surface area contributed by atoms with Crippen LogP contribution in [-0.4, -0.2) is 0 Å². The van der Waals surface area contributed by atoms with Gasteiger partial charge in [0.2, 0.25) is 0 Å². The Morgan fingerprint density at radius 3 is 2.52 bits per heavy atom. The van der Waals surface area contributed by atoms with Gasteiger partial charge in [-0.25, -0.2) is 0 Å². The van der Waals surface area contributed by atoms with Crippen molar-refractivity contribution in [3.8, 4) is 0 Å². The normalized spacial score (nSPS) is 12.5. The lowest BCUT2D eigenvalue weighted by molar-refractivity contribution is 0.940. The first-order chi connectivity index (χ1) is 10.1. The number of fused-ring (bicyclic) bond motifs is 1. The van der Waals surface area contributed by atoms with Gasteiger partial charge in [-0.15, -0.1) is 0 Å². The number of halogens is 2. The zero-order valence-corrected chi connectivity index (χ0v) is 14.2. The first kappa shape index (κ1) is 14.6. The van der Waals surface area contributed by atoms with Crippen LogP contribution in [0.1, 0.15) is 21.5 Å². The van der Waals surface area contributed by atoms with E-state index in [-0.39, 0.29) is 4.83 Å². The van der Waals surface area contributed by atoms with Gasteiger partial charge < -0.3 is 0 Å². The minimum absolute atomic E-state index is 0.275. The van der Waals surface area contributed by atoms with Gasteiger partial charge in [0.15, 0.2) is 0 Å². The molecular weight excluding hydrogens is 344 g/mol. The molecule has 3 aromatic carbocycles. The molecule has 3 aromatic rings. The van der Waals surface area contributed by atoms with Gasteiger partial charge in [0.1, 0.15) is 0 Å². The fourth-order valence-corrected chi connectivity index (χ4v) is 3.68. The molecule has 0 fully saturated rings. The fraction of sp³-hybridized carbons (Fsp3) is 0.158. The molecule has 0 bridgehead atoms. The van der Waals surface area contributed by atoms with Crippen LogP contribution in [0.2, 0.25) is 5.02 Å². The third-order valence-electron chi connectivity index (χ3n) is 3.81. The summed E-state index contributed by atoms with van der Waals surface area (Å²) < 4.78 is 0. The lowest BCUT2D eigenvalue weighted by Gasteiger charge is -2.14. The predicted octanol–water partition coefficient (Wildman–Crippen LogP) is 6.48. The van der Waals surface area contributed by atoms with Crippen LogP contribution in [0.3, 0.4) is 0 Å². The molecular formula is C19H16BrCl. The summed E-state index contributed by atoms with van der Waals surface area (Å²) in [7, 11) is 0. The van der Waals surface area contributed by atoms with Crippen molar-refractivity contribution in [1.82, 2.24) is 0 Å². The Kier molecular flexibility index (Phi) is 4.32. The van der Waals surface area contributed by atoms with E-state index in [0.717, 1.165) is 11.4 Å². The van der Waals surface area contributed by atoms with Crippen molar-refractivity contribution < 1.29 is 0 Å². The highest BCUT2D eigenvalue weighted by Crippen LogP contribution is 2.32. The molecule has 0 aliphatic heterocycles. The maximum absolute atomic E-state index is 6.12. The van der Waals surface area contributed by atoms with E-state index < -0.39 is 0 Å². The summed E-state index contributed by atoms with van der Waals surface area (Å²) >= 11 is 9.93. The molecule has 2 heteroatoms. The smallest absolute Gasteiger partial charge is 0.0438 e. The molecule has 0 spiro atoms. The number of aryl methyl sites for hydroxylation is 1. The van der Waals surface area contributed by atoms with E-state index in [4.69, 9.17) is 11.6 Å². The number of hydrogen-bond donors (Lipinski definition) is 0. The minimum atomic E-state index is 0.275. The lowest BCUT2D eigenvalue weighted by atomic mass is 9.98. The van der Waals surface area contributed by atoms with Crippen molar-refractivity contribution in [1.29, 1.82) is 0 Å². The van der Waals surface area contributed by atoms with Gasteiger partial charge in [-0.05, 0) is 52.9 Å². The van der Waals surface area contributed by atoms with Gasteiger partial charge in [0.05, 0.1) is 0 Å². The summed E-state index contributed by atoms with van der Waals surface area (Å²) in [5, 5.41) is 3.36. The average molecular weight is 360 g/mol. The molecule has 0 nitrogen and oxygen atoms in total. The number of hydrogen-bond acceptors (Lipinski definition) is 0. The molecule has 0 N–H and O–H groups in total. The zero-order chi connectivity index (χ0) is 14.8. The van der Waals surface area contributed by atoms with E-state index in [9.17, 15) is 0 Å². The molecule has 0 amide bonds. The second kappa shape index (κ2) is 6.21. The SMILES string of the molecule is Cc1ccc(Cl)cc1C(Br)Cc1ccc2ccccc2c1. The molecule has 1 atom stereocenters. The minimum Gasteiger partial charge on any atom is -0.0843 e. The van der Waals surface area contributed by atoms with Crippen LogP contribution >= 0.6 is 27.5 Å². The third kappa shape index (κ3) is 3.30. The second-order valence-corrected chi connectivity index (χ2v) is 6.90. The van der Waals surface area contributed by atoms with E-state index >= 15 is 0 Å². The summed E-state index contributed by atoms with van der Waals surface area (Å²) in [4.78, 5) is 0.275. The van der Waals surface area contributed by atoms with Gasteiger partial charge in [-0.2, -0.15) is 0 Å². The summed E-state index contributed by atoms with van der Waals surface area (Å²) in [6.07, 6.45) is 0.950. The highest BCUT2D eigenvalue weighted by molar-refractivity contribution is 9.09. The van der Waals surface area contributed by atoms with Crippen LogP contribution in [0.25, 0.3) is 10.8 Å². The van der Waals surface area contributed by atoms with Crippen LogP contribution in [0.4, 0.5) is 0 Å². The average Bonchev–Trinajstić information content (AvgIpc) is 2.49. The van der Waals surface area contributed by atoms with Crippen LogP contribution in [0, 0.1) is 6.92 Å².